The van der Waals surface area contributed by atoms with Crippen LogP contribution >= 0.6 is 24.0 Å². The van der Waals surface area contributed by atoms with Crippen LogP contribution in [0, 0.1) is 18.3 Å². The average Bonchev–Trinajstić information content (AvgIpc) is 3.24. The summed E-state index contributed by atoms with van der Waals surface area (Å²) >= 11 is 0. The lowest BCUT2D eigenvalue weighted by atomic mass is 9.78. The van der Waals surface area contributed by atoms with Gasteiger partial charge in [-0.25, -0.2) is 4.99 Å². The number of hydrogen-bond donors (Lipinski definition) is 2. The minimum atomic E-state index is 0. The molecule has 6 nitrogen and oxygen atoms in total. The molecule has 32 heavy (non-hydrogen) atoms. The molecule has 1 aromatic rings. The Hall–Kier alpha value is -1.06. The van der Waals surface area contributed by atoms with Gasteiger partial charge in [0.15, 0.2) is 5.96 Å². The molecule has 0 radical (unpaired) electrons. The summed E-state index contributed by atoms with van der Waals surface area (Å²) < 4.78 is 17.8. The predicted octanol–water partition coefficient (Wildman–Crippen LogP) is 4.68. The lowest BCUT2D eigenvalue weighted by Crippen LogP contribution is -2.47. The quantitative estimate of drug-likeness (QED) is 0.289. The smallest absolute Gasteiger partial charge is 0.191 e. The molecule has 7 heteroatoms. The van der Waals surface area contributed by atoms with E-state index in [1.165, 1.54) is 12.0 Å². The number of benzene rings is 1. The molecule has 0 bridgehead atoms. The number of halogens is 1. The Kier molecular flexibility index (Phi) is 11.0. The molecule has 1 aromatic carbocycles. The normalized spacial score (nSPS) is 24.0. The highest BCUT2D eigenvalue weighted by atomic mass is 127. The topological polar surface area (TPSA) is 64.1 Å². The Morgan fingerprint density at radius 1 is 1.19 bits per heavy atom. The maximum atomic E-state index is 6.23. The fourth-order valence-electron chi connectivity index (χ4n) is 4.43. The monoisotopic (exact) mass is 559 g/mol. The van der Waals surface area contributed by atoms with Gasteiger partial charge in [0.05, 0.1) is 25.9 Å². The number of aryl methyl sites for hydroxylation is 1. The minimum absolute atomic E-state index is 0. The second kappa shape index (κ2) is 13.0. The highest BCUT2D eigenvalue weighted by Gasteiger charge is 2.35. The summed E-state index contributed by atoms with van der Waals surface area (Å²) in [4.78, 5) is 4.86. The third-order valence-electron chi connectivity index (χ3n) is 5.99. The number of ether oxygens (including phenoxy) is 3. The molecule has 2 aliphatic heterocycles. The number of hydrogen-bond acceptors (Lipinski definition) is 4. The summed E-state index contributed by atoms with van der Waals surface area (Å²) in [7, 11) is 0. The van der Waals surface area contributed by atoms with Gasteiger partial charge in [0.1, 0.15) is 11.9 Å². The van der Waals surface area contributed by atoms with Crippen LogP contribution in [-0.4, -0.2) is 51.1 Å². The SMILES string of the molecule is CCNC(=NCc1ccc(C)cc1OC1CCOC1)NCC1CCCOC1C(C)(C)C.I. The van der Waals surface area contributed by atoms with E-state index in [0.717, 1.165) is 56.4 Å². The third kappa shape index (κ3) is 8.06. The van der Waals surface area contributed by atoms with Crippen LogP contribution in [0.3, 0.4) is 0 Å². The van der Waals surface area contributed by atoms with Gasteiger partial charge in [-0.05, 0) is 43.7 Å². The summed E-state index contributed by atoms with van der Waals surface area (Å²) in [5.74, 6) is 2.25. The summed E-state index contributed by atoms with van der Waals surface area (Å²) in [6.07, 6.45) is 3.66. The van der Waals surface area contributed by atoms with Crippen LogP contribution in [0.1, 0.15) is 58.1 Å². The highest BCUT2D eigenvalue weighted by Crippen LogP contribution is 2.33. The van der Waals surface area contributed by atoms with Crippen molar-refractivity contribution in [2.75, 3.05) is 32.9 Å². The first-order valence-electron chi connectivity index (χ1n) is 11.8. The molecule has 0 amide bonds. The summed E-state index contributed by atoms with van der Waals surface area (Å²) in [6, 6.07) is 6.35. The van der Waals surface area contributed by atoms with Gasteiger partial charge in [-0.15, -0.1) is 24.0 Å². The standard InChI is InChI=1S/C25H41N3O3.HI/c1-6-26-24(28-16-20-8-7-12-30-23(20)25(3,4)5)27-15-19-10-9-18(2)14-22(19)31-21-11-13-29-17-21;/h9-10,14,20-21,23H,6-8,11-13,15-17H2,1-5H3,(H2,26,27,28);1H. The van der Waals surface area contributed by atoms with Crippen LogP contribution in [0.4, 0.5) is 0 Å². The molecule has 3 rings (SSSR count). The van der Waals surface area contributed by atoms with Gasteiger partial charge >= 0.3 is 0 Å². The van der Waals surface area contributed by atoms with E-state index in [-0.39, 0.29) is 41.6 Å². The van der Waals surface area contributed by atoms with Crippen molar-refractivity contribution in [2.45, 2.75) is 72.6 Å². The van der Waals surface area contributed by atoms with E-state index in [4.69, 9.17) is 19.2 Å². The van der Waals surface area contributed by atoms with Gasteiger partial charge in [-0.1, -0.05) is 32.9 Å². The zero-order chi connectivity index (χ0) is 22.3. The molecule has 3 atom stereocenters. The van der Waals surface area contributed by atoms with Crippen molar-refractivity contribution in [3.8, 4) is 5.75 Å². The predicted molar refractivity (Wildman–Crippen MR) is 141 cm³/mol. The second-order valence-electron chi connectivity index (χ2n) is 9.85. The first-order valence-corrected chi connectivity index (χ1v) is 11.8. The van der Waals surface area contributed by atoms with E-state index in [1.807, 2.05) is 0 Å². The Morgan fingerprint density at radius 3 is 2.69 bits per heavy atom. The van der Waals surface area contributed by atoms with E-state index in [0.29, 0.717) is 19.1 Å². The molecule has 0 aromatic heterocycles. The van der Waals surface area contributed by atoms with E-state index < -0.39 is 0 Å². The lowest BCUT2D eigenvalue weighted by Gasteiger charge is -2.40. The van der Waals surface area contributed by atoms with Gasteiger partial charge < -0.3 is 24.8 Å². The molecule has 2 heterocycles. The summed E-state index contributed by atoms with van der Waals surface area (Å²) in [6.45, 7) is 15.6. The Bertz CT molecular complexity index is 730. The van der Waals surface area contributed by atoms with Crippen LogP contribution in [0.15, 0.2) is 23.2 Å². The Balaban J connectivity index is 0.00000363. The average molecular weight is 560 g/mol. The lowest BCUT2D eigenvalue weighted by molar-refractivity contribution is -0.0835. The van der Waals surface area contributed by atoms with E-state index in [9.17, 15) is 0 Å². The van der Waals surface area contributed by atoms with Crippen LogP contribution in [0.5, 0.6) is 5.75 Å². The molecule has 2 aliphatic rings. The van der Waals surface area contributed by atoms with Gasteiger partial charge in [-0.2, -0.15) is 0 Å². The van der Waals surface area contributed by atoms with Crippen molar-refractivity contribution in [3.05, 3.63) is 29.3 Å². The molecule has 3 unspecified atom stereocenters. The molecule has 2 fully saturated rings. The van der Waals surface area contributed by atoms with Crippen molar-refractivity contribution < 1.29 is 14.2 Å². The van der Waals surface area contributed by atoms with Gasteiger partial charge in [0, 0.05) is 37.6 Å². The van der Waals surface area contributed by atoms with Crippen LogP contribution in [0.2, 0.25) is 0 Å². The molecule has 2 saturated heterocycles. The summed E-state index contributed by atoms with van der Waals surface area (Å²) in [5.41, 5.74) is 2.43. The van der Waals surface area contributed by atoms with E-state index in [2.05, 4.69) is 63.5 Å². The highest BCUT2D eigenvalue weighted by molar-refractivity contribution is 14.0. The first-order chi connectivity index (χ1) is 14.9. The van der Waals surface area contributed by atoms with E-state index >= 15 is 0 Å². The number of rotatable bonds is 7. The van der Waals surface area contributed by atoms with Crippen molar-refractivity contribution >= 4 is 29.9 Å². The largest absolute Gasteiger partial charge is 0.488 e. The summed E-state index contributed by atoms with van der Waals surface area (Å²) in [5, 5.41) is 6.95. The van der Waals surface area contributed by atoms with E-state index in [1.54, 1.807) is 0 Å². The number of nitrogens with one attached hydrogen (secondary N) is 2. The van der Waals surface area contributed by atoms with Gasteiger partial charge in [-0.3, -0.25) is 0 Å². The fourth-order valence-corrected chi connectivity index (χ4v) is 4.43. The molecule has 182 valence electrons. The van der Waals surface area contributed by atoms with Crippen LogP contribution in [-0.2, 0) is 16.0 Å². The third-order valence-corrected chi connectivity index (χ3v) is 5.99. The van der Waals surface area contributed by atoms with Crippen molar-refractivity contribution in [1.29, 1.82) is 0 Å². The molecule has 0 saturated carbocycles. The van der Waals surface area contributed by atoms with Crippen LogP contribution in [0.25, 0.3) is 0 Å². The molecular formula is C25H42IN3O3. The number of aliphatic imine (C=N–C) groups is 1. The van der Waals surface area contributed by atoms with Crippen molar-refractivity contribution in [2.24, 2.45) is 16.3 Å². The molecule has 0 spiro atoms. The Labute approximate surface area is 211 Å². The molecule has 0 aliphatic carbocycles. The number of nitrogens with zero attached hydrogens (tertiary/aromatic N) is 1. The van der Waals surface area contributed by atoms with Gasteiger partial charge in [0.2, 0.25) is 0 Å². The second-order valence-corrected chi connectivity index (χ2v) is 9.85. The first kappa shape index (κ1) is 27.2. The molecule has 2 N–H and O–H groups in total. The van der Waals surface area contributed by atoms with Crippen molar-refractivity contribution in [1.82, 2.24) is 10.6 Å². The maximum Gasteiger partial charge on any atom is 0.191 e. The number of guanidine groups is 1. The minimum Gasteiger partial charge on any atom is -0.488 e. The Morgan fingerprint density at radius 2 is 2.00 bits per heavy atom. The molecular weight excluding hydrogens is 517 g/mol. The zero-order valence-electron chi connectivity index (χ0n) is 20.4. The van der Waals surface area contributed by atoms with Gasteiger partial charge in [0.25, 0.3) is 0 Å². The van der Waals surface area contributed by atoms with Crippen LogP contribution < -0.4 is 15.4 Å². The van der Waals surface area contributed by atoms with Crippen molar-refractivity contribution in [3.63, 3.8) is 0 Å². The fraction of sp³-hybridized carbons (Fsp3) is 0.720. The maximum absolute atomic E-state index is 6.23. The zero-order valence-corrected chi connectivity index (χ0v) is 22.7.